The standard InChI is InChI=1S/C20H23ClN2O5S2/c1-29(25,26)22-20(24)17-7-8-18(21)19(14-17)30(27,28)23-11-9-16(10-12-23)13-15-5-3-2-4-6-15/h2-8,14,16H,9-13H2,1H3,(H,22,24). The molecule has 3 rings (SSSR count). The van der Waals surface area contributed by atoms with E-state index in [1.54, 1.807) is 0 Å². The first kappa shape index (κ1) is 22.7. The predicted molar refractivity (Wildman–Crippen MR) is 115 cm³/mol. The zero-order chi connectivity index (χ0) is 21.9. The fourth-order valence-electron chi connectivity index (χ4n) is 3.51. The first-order valence-corrected chi connectivity index (χ1v) is 13.1. The van der Waals surface area contributed by atoms with Crippen LogP contribution in [0.15, 0.2) is 53.4 Å². The van der Waals surface area contributed by atoms with Crippen LogP contribution in [0.5, 0.6) is 0 Å². The molecule has 0 aliphatic carbocycles. The van der Waals surface area contributed by atoms with E-state index in [4.69, 9.17) is 11.6 Å². The van der Waals surface area contributed by atoms with Crippen LogP contribution in [0, 0.1) is 5.92 Å². The monoisotopic (exact) mass is 470 g/mol. The molecule has 30 heavy (non-hydrogen) atoms. The maximum Gasteiger partial charge on any atom is 0.264 e. The largest absolute Gasteiger partial charge is 0.268 e. The summed E-state index contributed by atoms with van der Waals surface area (Å²) in [7, 11) is -7.69. The van der Waals surface area contributed by atoms with Crippen molar-refractivity contribution in [2.75, 3.05) is 19.3 Å². The van der Waals surface area contributed by atoms with Crippen molar-refractivity contribution in [2.24, 2.45) is 5.92 Å². The second kappa shape index (κ2) is 9.05. The summed E-state index contributed by atoms with van der Waals surface area (Å²) in [5.74, 6) is -0.520. The average Bonchev–Trinajstić information content (AvgIpc) is 2.68. The summed E-state index contributed by atoms with van der Waals surface area (Å²) < 4.78 is 52.0. The first-order chi connectivity index (χ1) is 14.1. The van der Waals surface area contributed by atoms with E-state index in [1.165, 1.54) is 22.0 Å². The highest BCUT2D eigenvalue weighted by molar-refractivity contribution is 7.89. The van der Waals surface area contributed by atoms with E-state index in [9.17, 15) is 21.6 Å². The molecule has 0 unspecified atom stereocenters. The summed E-state index contributed by atoms with van der Waals surface area (Å²) in [5.41, 5.74) is 1.13. The third-order valence-electron chi connectivity index (χ3n) is 5.03. The van der Waals surface area contributed by atoms with Crippen molar-refractivity contribution in [1.29, 1.82) is 0 Å². The van der Waals surface area contributed by atoms with Gasteiger partial charge < -0.3 is 0 Å². The maximum atomic E-state index is 13.1. The highest BCUT2D eigenvalue weighted by Gasteiger charge is 2.31. The molecule has 1 saturated heterocycles. The molecule has 0 saturated carbocycles. The van der Waals surface area contributed by atoms with E-state index < -0.39 is 26.0 Å². The van der Waals surface area contributed by atoms with Crippen LogP contribution >= 0.6 is 11.6 Å². The number of nitrogens with zero attached hydrogens (tertiary/aromatic N) is 1. The molecule has 2 aromatic rings. The highest BCUT2D eigenvalue weighted by Crippen LogP contribution is 2.30. The van der Waals surface area contributed by atoms with Crippen molar-refractivity contribution in [1.82, 2.24) is 9.03 Å². The molecule has 1 aliphatic rings. The van der Waals surface area contributed by atoms with Gasteiger partial charge in [-0.05, 0) is 48.9 Å². The van der Waals surface area contributed by atoms with E-state index in [2.05, 4.69) is 12.1 Å². The predicted octanol–water partition coefficient (Wildman–Crippen LogP) is 2.67. The average molecular weight is 471 g/mol. The zero-order valence-corrected chi connectivity index (χ0v) is 18.8. The molecule has 0 aromatic heterocycles. The molecule has 0 radical (unpaired) electrons. The number of sulfonamides is 2. The van der Waals surface area contributed by atoms with E-state index in [-0.39, 0.29) is 15.5 Å². The molecule has 7 nitrogen and oxygen atoms in total. The van der Waals surface area contributed by atoms with Gasteiger partial charge in [-0.25, -0.2) is 21.6 Å². The Morgan fingerprint density at radius 1 is 1.07 bits per heavy atom. The van der Waals surface area contributed by atoms with Crippen molar-refractivity contribution in [2.45, 2.75) is 24.2 Å². The van der Waals surface area contributed by atoms with Gasteiger partial charge in [-0.15, -0.1) is 0 Å². The molecule has 162 valence electrons. The lowest BCUT2D eigenvalue weighted by Crippen LogP contribution is -2.39. The molecule has 2 aromatic carbocycles. The molecule has 10 heteroatoms. The lowest BCUT2D eigenvalue weighted by Gasteiger charge is -2.31. The van der Waals surface area contributed by atoms with Gasteiger partial charge in [0, 0.05) is 18.7 Å². The summed E-state index contributed by atoms with van der Waals surface area (Å²) in [4.78, 5) is 11.9. The van der Waals surface area contributed by atoms with Gasteiger partial charge in [0.05, 0.1) is 11.3 Å². The second-order valence-corrected chi connectivity index (χ2v) is 11.4. The maximum absolute atomic E-state index is 13.1. The van der Waals surface area contributed by atoms with Gasteiger partial charge >= 0.3 is 0 Å². The third kappa shape index (κ3) is 5.60. The molecule has 1 fully saturated rings. The van der Waals surface area contributed by atoms with E-state index in [1.807, 2.05) is 22.9 Å². The van der Waals surface area contributed by atoms with Crippen LogP contribution in [-0.2, 0) is 26.5 Å². The molecule has 1 heterocycles. The van der Waals surface area contributed by atoms with E-state index in [0.717, 1.165) is 31.6 Å². The quantitative estimate of drug-likeness (QED) is 0.699. The summed E-state index contributed by atoms with van der Waals surface area (Å²) in [6, 6.07) is 13.8. The Morgan fingerprint density at radius 3 is 2.30 bits per heavy atom. The van der Waals surface area contributed by atoms with Gasteiger partial charge in [0.15, 0.2) is 0 Å². The van der Waals surface area contributed by atoms with Gasteiger partial charge in [-0.2, -0.15) is 4.31 Å². The molecular weight excluding hydrogens is 448 g/mol. The van der Waals surface area contributed by atoms with Crippen LogP contribution in [0.25, 0.3) is 0 Å². The summed E-state index contributed by atoms with van der Waals surface area (Å²) in [6.45, 7) is 0.714. The van der Waals surface area contributed by atoms with Gasteiger partial charge in [0.2, 0.25) is 20.0 Å². The fraction of sp³-hybridized carbons (Fsp3) is 0.350. The Morgan fingerprint density at radius 2 is 1.70 bits per heavy atom. The number of rotatable bonds is 6. The fourth-order valence-corrected chi connectivity index (χ4v) is 5.93. The third-order valence-corrected chi connectivity index (χ3v) is 7.97. The number of hydrogen-bond donors (Lipinski definition) is 1. The van der Waals surface area contributed by atoms with Gasteiger partial charge in [0.1, 0.15) is 4.90 Å². The van der Waals surface area contributed by atoms with Gasteiger partial charge in [-0.1, -0.05) is 41.9 Å². The van der Waals surface area contributed by atoms with Crippen LogP contribution < -0.4 is 4.72 Å². The van der Waals surface area contributed by atoms with Crippen molar-refractivity contribution in [3.05, 3.63) is 64.7 Å². The number of piperidine rings is 1. The lowest BCUT2D eigenvalue weighted by molar-refractivity contribution is 0.0981. The topological polar surface area (TPSA) is 101 Å². The SMILES string of the molecule is CS(=O)(=O)NC(=O)c1ccc(Cl)c(S(=O)(=O)N2CCC(Cc3ccccc3)CC2)c1. The second-order valence-electron chi connectivity index (χ2n) is 7.39. The normalized spacial score (nSPS) is 16.3. The molecule has 1 aliphatic heterocycles. The van der Waals surface area contributed by atoms with Crippen LogP contribution in [0.1, 0.15) is 28.8 Å². The molecule has 0 atom stereocenters. The Bertz CT molecular complexity index is 1130. The van der Waals surface area contributed by atoms with Crippen LogP contribution in [0.2, 0.25) is 5.02 Å². The smallest absolute Gasteiger partial charge is 0.264 e. The minimum Gasteiger partial charge on any atom is -0.268 e. The Balaban J connectivity index is 1.74. The van der Waals surface area contributed by atoms with Crippen molar-refractivity contribution >= 4 is 37.6 Å². The number of hydrogen-bond acceptors (Lipinski definition) is 5. The minimum atomic E-state index is -3.92. The number of carbonyl (C=O) groups is 1. The summed E-state index contributed by atoms with van der Waals surface area (Å²) in [5, 5.41) is -0.0164. The van der Waals surface area contributed by atoms with E-state index in [0.29, 0.717) is 19.0 Å². The number of halogens is 1. The molecule has 1 N–H and O–H groups in total. The zero-order valence-electron chi connectivity index (χ0n) is 16.4. The molecule has 1 amide bonds. The van der Waals surface area contributed by atoms with E-state index >= 15 is 0 Å². The number of benzene rings is 2. The van der Waals surface area contributed by atoms with Crippen LogP contribution in [0.3, 0.4) is 0 Å². The van der Waals surface area contributed by atoms with Gasteiger partial charge in [0.25, 0.3) is 5.91 Å². The van der Waals surface area contributed by atoms with Crippen molar-refractivity contribution in [3.8, 4) is 0 Å². The molecule has 0 bridgehead atoms. The lowest BCUT2D eigenvalue weighted by atomic mass is 9.91. The Hall–Kier alpha value is -1.94. The summed E-state index contributed by atoms with van der Waals surface area (Å²) >= 11 is 6.12. The molecule has 0 spiro atoms. The van der Waals surface area contributed by atoms with Crippen molar-refractivity contribution < 1.29 is 21.6 Å². The Kier molecular flexibility index (Phi) is 6.86. The molecular formula is C20H23ClN2O5S2. The Labute approximate surface area is 182 Å². The highest BCUT2D eigenvalue weighted by atomic mass is 35.5. The van der Waals surface area contributed by atoms with Crippen LogP contribution in [-0.4, -0.2) is 46.4 Å². The van der Waals surface area contributed by atoms with Crippen LogP contribution in [0.4, 0.5) is 0 Å². The van der Waals surface area contributed by atoms with Crippen molar-refractivity contribution in [3.63, 3.8) is 0 Å². The first-order valence-electron chi connectivity index (χ1n) is 9.42. The minimum absolute atomic E-state index is 0.0164. The van der Waals surface area contributed by atoms with Gasteiger partial charge in [-0.3, -0.25) is 4.79 Å². The number of nitrogens with one attached hydrogen (secondary N) is 1. The number of amides is 1. The summed E-state index contributed by atoms with van der Waals surface area (Å²) in [6.07, 6.45) is 3.19. The number of carbonyl (C=O) groups excluding carboxylic acids is 1.